The zero-order valence-corrected chi connectivity index (χ0v) is 6.32. The molecular weight excluding hydrogens is 114 g/mol. The van der Waals surface area contributed by atoms with Crippen LogP contribution in [0.3, 0.4) is 0 Å². The predicted octanol–water partition coefficient (Wildman–Crippen LogP) is 0.983. The summed E-state index contributed by atoms with van der Waals surface area (Å²) in [5, 5.41) is 2.54. The third-order valence-corrected chi connectivity index (χ3v) is 0.918. The van der Waals surface area contributed by atoms with Crippen molar-refractivity contribution in [1.29, 1.82) is 0 Å². The molecule has 0 spiro atoms. The lowest BCUT2D eigenvalue weighted by molar-refractivity contribution is -0.122. The minimum absolute atomic E-state index is 0.0509. The van der Waals surface area contributed by atoms with Gasteiger partial charge in [0.1, 0.15) is 0 Å². The van der Waals surface area contributed by atoms with Gasteiger partial charge in [-0.05, 0) is 12.3 Å². The number of hydrogen-bond donors (Lipinski definition) is 1. The van der Waals surface area contributed by atoms with Crippen LogP contribution in [-0.4, -0.2) is 13.0 Å². The molecule has 9 heavy (non-hydrogen) atoms. The van der Waals surface area contributed by atoms with Gasteiger partial charge in [-0.1, -0.05) is 13.8 Å². The van der Waals surface area contributed by atoms with Gasteiger partial charge in [0.2, 0.25) is 5.91 Å². The summed E-state index contributed by atoms with van der Waals surface area (Å²) in [5.74, 6) is 0.0509. The Morgan fingerprint density at radius 3 is 2.22 bits per heavy atom. The van der Waals surface area contributed by atoms with Crippen molar-refractivity contribution in [3.05, 3.63) is 6.92 Å². The third-order valence-electron chi connectivity index (χ3n) is 0.918. The van der Waals surface area contributed by atoms with Crippen molar-refractivity contribution >= 4 is 5.91 Å². The number of rotatable bonds is 2. The molecule has 2 nitrogen and oxygen atoms in total. The molecule has 0 saturated carbocycles. The lowest BCUT2D eigenvalue weighted by atomic mass is 9.92. The van der Waals surface area contributed by atoms with E-state index in [2.05, 4.69) is 12.2 Å². The summed E-state index contributed by atoms with van der Waals surface area (Å²) in [7, 11) is 1.63. The third kappa shape index (κ3) is 5.34. The van der Waals surface area contributed by atoms with E-state index in [0.29, 0.717) is 6.42 Å². The van der Waals surface area contributed by atoms with Gasteiger partial charge in [-0.2, -0.15) is 0 Å². The lowest BCUT2D eigenvalue weighted by Crippen LogP contribution is -2.23. The average molecular weight is 128 g/mol. The highest BCUT2D eigenvalue weighted by Crippen LogP contribution is 2.16. The van der Waals surface area contributed by atoms with Gasteiger partial charge in [-0.3, -0.25) is 4.79 Å². The predicted molar refractivity (Wildman–Crippen MR) is 37.8 cm³/mol. The van der Waals surface area contributed by atoms with E-state index < -0.39 is 0 Å². The van der Waals surface area contributed by atoms with Gasteiger partial charge < -0.3 is 5.32 Å². The average Bonchev–Trinajstić information content (AvgIpc) is 1.62. The van der Waals surface area contributed by atoms with Crippen LogP contribution in [0.15, 0.2) is 0 Å². The molecule has 1 amide bonds. The van der Waals surface area contributed by atoms with Crippen LogP contribution < -0.4 is 5.32 Å². The molecule has 0 aliphatic heterocycles. The molecule has 0 bridgehead atoms. The number of amides is 1. The van der Waals surface area contributed by atoms with Crippen molar-refractivity contribution in [3.8, 4) is 0 Å². The van der Waals surface area contributed by atoms with Crippen molar-refractivity contribution in [1.82, 2.24) is 5.32 Å². The number of carbonyl (C=O) groups is 1. The Morgan fingerprint density at radius 2 is 2.11 bits per heavy atom. The zero-order chi connectivity index (χ0) is 7.49. The van der Waals surface area contributed by atoms with E-state index in [1.54, 1.807) is 7.05 Å². The van der Waals surface area contributed by atoms with Crippen molar-refractivity contribution < 1.29 is 4.79 Å². The molecule has 0 unspecified atom stereocenters. The quantitative estimate of drug-likeness (QED) is 0.590. The number of carbonyl (C=O) groups excluding carboxylic acids is 1. The maximum absolute atomic E-state index is 10.7. The van der Waals surface area contributed by atoms with Gasteiger partial charge in [0, 0.05) is 13.5 Å². The molecule has 0 rings (SSSR count). The summed E-state index contributed by atoms with van der Waals surface area (Å²) < 4.78 is 0. The highest BCUT2D eigenvalue weighted by Gasteiger charge is 2.14. The Bertz CT molecular complexity index is 102. The molecule has 1 N–H and O–H groups in total. The molecule has 0 heterocycles. The molecule has 2 heteroatoms. The van der Waals surface area contributed by atoms with Crippen molar-refractivity contribution in [2.75, 3.05) is 7.05 Å². The largest absolute Gasteiger partial charge is 0.359 e. The Labute approximate surface area is 56.6 Å². The first-order valence-electron chi connectivity index (χ1n) is 3.01. The van der Waals surface area contributed by atoms with Crippen LogP contribution in [0.25, 0.3) is 0 Å². The fraction of sp³-hybridized carbons (Fsp3) is 0.714. The summed E-state index contributed by atoms with van der Waals surface area (Å²) in [6.45, 7) is 7.66. The number of nitrogens with one attached hydrogen (secondary N) is 1. The molecule has 0 aromatic heterocycles. The van der Waals surface area contributed by atoms with Crippen LogP contribution in [-0.2, 0) is 4.79 Å². The fourth-order valence-electron chi connectivity index (χ4n) is 0.523. The monoisotopic (exact) mass is 128 g/mol. The standard InChI is InChI=1S/C7H14NO/c1-7(2,3)5-6(9)8-4/h1,5H2,2-4H3,(H,8,9). The van der Waals surface area contributed by atoms with Gasteiger partial charge in [-0.25, -0.2) is 0 Å². The van der Waals surface area contributed by atoms with Gasteiger partial charge >= 0.3 is 0 Å². The van der Waals surface area contributed by atoms with Crippen LogP contribution in [0, 0.1) is 12.3 Å². The normalized spacial score (nSPS) is 11.1. The van der Waals surface area contributed by atoms with Crippen molar-refractivity contribution in [3.63, 3.8) is 0 Å². The molecule has 1 radical (unpaired) electrons. The summed E-state index contributed by atoms with van der Waals surface area (Å²) in [4.78, 5) is 10.7. The smallest absolute Gasteiger partial charge is 0.220 e. The summed E-state index contributed by atoms with van der Waals surface area (Å²) in [6, 6.07) is 0. The molecular formula is C7H14NO. The molecule has 0 aromatic carbocycles. The molecule has 0 aromatic rings. The van der Waals surface area contributed by atoms with Gasteiger partial charge in [0.15, 0.2) is 0 Å². The van der Waals surface area contributed by atoms with E-state index in [1.165, 1.54) is 0 Å². The lowest BCUT2D eigenvalue weighted by Gasteiger charge is -2.15. The van der Waals surface area contributed by atoms with E-state index in [-0.39, 0.29) is 11.3 Å². The molecule has 0 saturated heterocycles. The van der Waals surface area contributed by atoms with E-state index >= 15 is 0 Å². The fourth-order valence-corrected chi connectivity index (χ4v) is 0.523. The highest BCUT2D eigenvalue weighted by atomic mass is 16.1. The van der Waals surface area contributed by atoms with Crippen molar-refractivity contribution in [2.45, 2.75) is 20.3 Å². The molecule has 53 valence electrons. The first-order valence-corrected chi connectivity index (χ1v) is 3.01. The zero-order valence-electron chi connectivity index (χ0n) is 6.32. The van der Waals surface area contributed by atoms with Gasteiger partial charge in [-0.15, -0.1) is 0 Å². The molecule has 0 aliphatic rings. The molecule has 0 atom stereocenters. The first kappa shape index (κ1) is 8.47. The van der Waals surface area contributed by atoms with E-state index in [9.17, 15) is 4.79 Å². The van der Waals surface area contributed by atoms with Crippen LogP contribution >= 0.6 is 0 Å². The maximum Gasteiger partial charge on any atom is 0.220 e. The summed E-state index contributed by atoms with van der Waals surface area (Å²) in [6.07, 6.45) is 0.490. The second-order valence-corrected chi connectivity index (χ2v) is 3.01. The topological polar surface area (TPSA) is 29.1 Å². The minimum atomic E-state index is -0.139. The second-order valence-electron chi connectivity index (χ2n) is 3.01. The van der Waals surface area contributed by atoms with Gasteiger partial charge in [0.25, 0.3) is 0 Å². The van der Waals surface area contributed by atoms with E-state index in [0.717, 1.165) is 0 Å². The van der Waals surface area contributed by atoms with Gasteiger partial charge in [0.05, 0.1) is 0 Å². The molecule has 0 fully saturated rings. The van der Waals surface area contributed by atoms with E-state index in [4.69, 9.17) is 0 Å². The Morgan fingerprint density at radius 1 is 1.67 bits per heavy atom. The maximum atomic E-state index is 10.7. The Balaban J connectivity index is 3.60. The minimum Gasteiger partial charge on any atom is -0.359 e. The second kappa shape index (κ2) is 2.85. The van der Waals surface area contributed by atoms with Crippen LogP contribution in [0.1, 0.15) is 20.3 Å². The Kier molecular flexibility index (Phi) is 2.68. The van der Waals surface area contributed by atoms with Crippen LogP contribution in [0.2, 0.25) is 0 Å². The highest BCUT2D eigenvalue weighted by molar-refractivity contribution is 5.76. The SMILES string of the molecule is [CH2]C(C)(C)CC(=O)NC. The summed E-state index contributed by atoms with van der Waals surface area (Å²) in [5.41, 5.74) is -0.139. The van der Waals surface area contributed by atoms with E-state index in [1.807, 2.05) is 13.8 Å². The van der Waals surface area contributed by atoms with Crippen molar-refractivity contribution in [2.24, 2.45) is 5.41 Å². The van der Waals surface area contributed by atoms with Crippen LogP contribution in [0.5, 0.6) is 0 Å². The first-order chi connectivity index (χ1) is 3.95. The Hall–Kier alpha value is -0.530. The van der Waals surface area contributed by atoms with Crippen LogP contribution in [0.4, 0.5) is 0 Å². The molecule has 0 aliphatic carbocycles. The summed E-state index contributed by atoms with van der Waals surface area (Å²) >= 11 is 0. The number of hydrogen-bond acceptors (Lipinski definition) is 1.